The summed E-state index contributed by atoms with van der Waals surface area (Å²) >= 11 is 0. The fourth-order valence-electron chi connectivity index (χ4n) is 1.95. The van der Waals surface area contributed by atoms with Gasteiger partial charge in [0.05, 0.1) is 0 Å². The second kappa shape index (κ2) is 7.89. The van der Waals surface area contributed by atoms with Gasteiger partial charge in [0.1, 0.15) is 22.8 Å². The lowest BCUT2D eigenvalue weighted by Gasteiger charge is -2.03. The molecule has 2 aromatic carbocycles. The van der Waals surface area contributed by atoms with E-state index in [2.05, 4.69) is 0 Å². The van der Waals surface area contributed by atoms with E-state index in [-0.39, 0.29) is 12.1 Å². The quantitative estimate of drug-likeness (QED) is 0.604. The Kier molecular flexibility index (Phi) is 6.38. The summed E-state index contributed by atoms with van der Waals surface area (Å²) in [6.45, 7) is 2.01. The van der Waals surface area contributed by atoms with Crippen LogP contribution in [0.25, 0.3) is 0 Å². The predicted molar refractivity (Wildman–Crippen MR) is 76.0 cm³/mol. The molecule has 0 atom stereocenters. The van der Waals surface area contributed by atoms with Crippen LogP contribution in [0, 0.1) is 48.8 Å². The van der Waals surface area contributed by atoms with Crippen LogP contribution in [0.2, 0.25) is 0 Å². The van der Waals surface area contributed by atoms with E-state index in [1.54, 1.807) is 0 Å². The smallest absolute Gasteiger partial charge is 0.339 e. The molecule has 140 valence electrons. The van der Waals surface area contributed by atoms with Crippen molar-refractivity contribution in [2.75, 3.05) is 0 Å². The second-order valence-corrected chi connectivity index (χ2v) is 4.92. The molecule has 2 rings (SSSR count). The number of hydrogen-bond acceptors (Lipinski definition) is 2. The van der Waals surface area contributed by atoms with E-state index < -0.39 is 69.1 Å². The van der Waals surface area contributed by atoms with E-state index in [1.807, 2.05) is 0 Å². The summed E-state index contributed by atoms with van der Waals surface area (Å²) in [6.07, 6.45) is 0. The SMILES string of the molecule is Cc1c(F)c(F)cc(F)c1C(=O)O.Cc1c(F)c(F)cc(F)c1C(=O)O. The molecule has 0 heterocycles. The highest BCUT2D eigenvalue weighted by molar-refractivity contribution is 5.90. The molecule has 0 amide bonds. The van der Waals surface area contributed by atoms with E-state index in [0.29, 0.717) is 0 Å². The van der Waals surface area contributed by atoms with Gasteiger partial charge in [-0.25, -0.2) is 35.9 Å². The Hall–Kier alpha value is -3.04. The summed E-state index contributed by atoms with van der Waals surface area (Å²) in [4.78, 5) is 20.8. The van der Waals surface area contributed by atoms with Crippen molar-refractivity contribution in [2.45, 2.75) is 13.8 Å². The summed E-state index contributed by atoms with van der Waals surface area (Å²) in [5.41, 5.74) is -2.74. The number of aromatic carboxylic acids is 2. The zero-order chi connectivity index (χ0) is 20.3. The third kappa shape index (κ3) is 4.13. The molecule has 0 unspecified atom stereocenters. The number of halogens is 6. The molecule has 0 spiro atoms. The topological polar surface area (TPSA) is 74.6 Å². The van der Waals surface area contributed by atoms with Crippen LogP contribution in [0.4, 0.5) is 26.3 Å². The minimum absolute atomic E-state index is 0.214. The van der Waals surface area contributed by atoms with Crippen LogP contribution in [0.1, 0.15) is 31.8 Å². The number of carboxylic acids is 2. The van der Waals surface area contributed by atoms with E-state index >= 15 is 0 Å². The molecule has 0 aliphatic heterocycles. The first-order valence-electron chi connectivity index (χ1n) is 6.64. The number of hydrogen-bond donors (Lipinski definition) is 2. The van der Waals surface area contributed by atoms with Crippen LogP contribution < -0.4 is 0 Å². The van der Waals surface area contributed by atoms with E-state index in [9.17, 15) is 35.9 Å². The Bertz CT molecular complexity index is 822. The maximum absolute atomic E-state index is 12.8. The molecule has 2 aromatic rings. The molecular weight excluding hydrogens is 370 g/mol. The van der Waals surface area contributed by atoms with Crippen LogP contribution in [0.15, 0.2) is 12.1 Å². The Morgan fingerprint density at radius 2 is 0.923 bits per heavy atom. The first-order valence-corrected chi connectivity index (χ1v) is 6.64. The van der Waals surface area contributed by atoms with Gasteiger partial charge in [-0.05, 0) is 13.8 Å². The van der Waals surface area contributed by atoms with Gasteiger partial charge in [0.25, 0.3) is 0 Å². The second-order valence-electron chi connectivity index (χ2n) is 4.92. The van der Waals surface area contributed by atoms with Gasteiger partial charge in [0, 0.05) is 23.3 Å². The van der Waals surface area contributed by atoms with Crippen molar-refractivity contribution in [3.8, 4) is 0 Å². The molecule has 0 radical (unpaired) electrons. The Morgan fingerprint density at radius 3 is 1.15 bits per heavy atom. The van der Waals surface area contributed by atoms with Crippen molar-refractivity contribution in [2.24, 2.45) is 0 Å². The molecule has 0 aromatic heterocycles. The minimum Gasteiger partial charge on any atom is -0.478 e. The first-order chi connectivity index (χ1) is 11.9. The van der Waals surface area contributed by atoms with E-state index in [1.165, 1.54) is 0 Å². The average molecular weight is 380 g/mol. The molecule has 0 saturated carbocycles. The summed E-state index contributed by atoms with van der Waals surface area (Å²) < 4.78 is 75.9. The predicted octanol–water partition coefficient (Wildman–Crippen LogP) is 4.22. The number of carbonyl (C=O) groups is 2. The lowest BCUT2D eigenvalue weighted by Crippen LogP contribution is -2.07. The molecule has 0 saturated heterocycles. The van der Waals surface area contributed by atoms with Crippen molar-refractivity contribution in [1.82, 2.24) is 0 Å². The Balaban J connectivity index is 0.000000260. The molecule has 26 heavy (non-hydrogen) atoms. The maximum Gasteiger partial charge on any atom is 0.339 e. The molecule has 0 aliphatic rings. The summed E-state index contributed by atoms with van der Waals surface area (Å²) in [7, 11) is 0. The van der Waals surface area contributed by atoms with Crippen LogP contribution in [0.3, 0.4) is 0 Å². The van der Waals surface area contributed by atoms with Gasteiger partial charge >= 0.3 is 11.9 Å². The van der Waals surface area contributed by atoms with Gasteiger partial charge in [-0.3, -0.25) is 0 Å². The largest absolute Gasteiger partial charge is 0.478 e. The summed E-state index contributed by atoms with van der Waals surface area (Å²) in [5.74, 6) is -11.2. The Labute approximate surface area is 142 Å². The third-order valence-electron chi connectivity index (χ3n) is 3.24. The highest BCUT2D eigenvalue weighted by Gasteiger charge is 2.21. The van der Waals surface area contributed by atoms with Crippen molar-refractivity contribution in [3.05, 3.63) is 69.3 Å². The van der Waals surface area contributed by atoms with E-state index in [4.69, 9.17) is 10.2 Å². The fraction of sp³-hybridized carbons (Fsp3) is 0.125. The van der Waals surface area contributed by atoms with Gasteiger partial charge in [-0.15, -0.1) is 0 Å². The first kappa shape index (κ1) is 21.0. The van der Waals surface area contributed by atoms with Crippen molar-refractivity contribution in [1.29, 1.82) is 0 Å². The summed E-state index contributed by atoms with van der Waals surface area (Å²) in [5, 5.41) is 16.9. The molecular formula is C16H10F6O4. The van der Waals surface area contributed by atoms with Crippen molar-refractivity contribution < 1.29 is 46.1 Å². The van der Waals surface area contributed by atoms with Crippen LogP contribution in [-0.2, 0) is 0 Å². The van der Waals surface area contributed by atoms with Gasteiger partial charge in [0.15, 0.2) is 23.3 Å². The van der Waals surface area contributed by atoms with E-state index in [0.717, 1.165) is 13.8 Å². The highest BCUT2D eigenvalue weighted by atomic mass is 19.2. The molecule has 0 fully saturated rings. The Morgan fingerprint density at radius 1 is 0.654 bits per heavy atom. The standard InChI is InChI=1S/2C8H5F3O2/c2*1-3-6(8(12)13)4(9)2-5(10)7(3)11/h2*2H,1H3,(H,12,13). The van der Waals surface area contributed by atoms with Gasteiger partial charge < -0.3 is 10.2 Å². The highest BCUT2D eigenvalue weighted by Crippen LogP contribution is 2.20. The zero-order valence-electron chi connectivity index (χ0n) is 13.1. The van der Waals surface area contributed by atoms with Crippen molar-refractivity contribution in [3.63, 3.8) is 0 Å². The lowest BCUT2D eigenvalue weighted by molar-refractivity contribution is 0.0678. The van der Waals surface area contributed by atoms with Crippen LogP contribution >= 0.6 is 0 Å². The lowest BCUT2D eigenvalue weighted by atomic mass is 10.1. The normalized spacial score (nSPS) is 10.2. The molecule has 2 N–H and O–H groups in total. The van der Waals surface area contributed by atoms with Gasteiger partial charge in [-0.2, -0.15) is 0 Å². The van der Waals surface area contributed by atoms with Gasteiger partial charge in [0.2, 0.25) is 0 Å². The average Bonchev–Trinajstić information content (AvgIpc) is 2.50. The molecule has 4 nitrogen and oxygen atoms in total. The maximum atomic E-state index is 12.8. The zero-order valence-corrected chi connectivity index (χ0v) is 13.1. The molecule has 10 heteroatoms. The van der Waals surface area contributed by atoms with Crippen molar-refractivity contribution >= 4 is 11.9 Å². The minimum atomic E-state index is -1.62. The molecule has 0 aliphatic carbocycles. The van der Waals surface area contributed by atoms with Crippen LogP contribution in [-0.4, -0.2) is 22.2 Å². The number of benzene rings is 2. The van der Waals surface area contributed by atoms with Gasteiger partial charge in [-0.1, -0.05) is 0 Å². The number of carboxylic acid groups (broad SMARTS) is 2. The fourth-order valence-corrected chi connectivity index (χ4v) is 1.95. The number of rotatable bonds is 2. The third-order valence-corrected chi connectivity index (χ3v) is 3.24. The monoisotopic (exact) mass is 380 g/mol. The molecule has 0 bridgehead atoms. The summed E-state index contributed by atoms with van der Waals surface area (Å²) in [6, 6.07) is 0.428. The van der Waals surface area contributed by atoms with Crippen LogP contribution in [0.5, 0.6) is 0 Å².